The SMILES string of the molecule is CC(=O)N(C)Cc1cccc(NC(=O)COc2cc(C)ccc2C(C)C)c1. The van der Waals surface area contributed by atoms with Crippen LogP contribution in [0.1, 0.15) is 43.4 Å². The van der Waals surface area contributed by atoms with Gasteiger partial charge in [0.1, 0.15) is 5.75 Å². The largest absolute Gasteiger partial charge is 0.483 e. The van der Waals surface area contributed by atoms with Crippen LogP contribution < -0.4 is 10.1 Å². The fourth-order valence-electron chi connectivity index (χ4n) is 2.72. The molecule has 0 heterocycles. The number of aryl methyl sites for hydroxylation is 1. The Labute approximate surface area is 161 Å². The zero-order chi connectivity index (χ0) is 20.0. The summed E-state index contributed by atoms with van der Waals surface area (Å²) in [6.45, 7) is 8.17. The first-order chi connectivity index (χ1) is 12.8. The van der Waals surface area contributed by atoms with Crippen molar-refractivity contribution in [3.05, 3.63) is 59.2 Å². The van der Waals surface area contributed by atoms with Crippen molar-refractivity contribution in [3.8, 4) is 5.75 Å². The van der Waals surface area contributed by atoms with Crippen molar-refractivity contribution in [2.45, 2.75) is 40.2 Å². The van der Waals surface area contributed by atoms with E-state index in [-0.39, 0.29) is 18.4 Å². The first kappa shape index (κ1) is 20.5. The molecule has 2 amide bonds. The third kappa shape index (κ3) is 6.13. The monoisotopic (exact) mass is 368 g/mol. The molecule has 5 nitrogen and oxygen atoms in total. The van der Waals surface area contributed by atoms with Gasteiger partial charge in [-0.1, -0.05) is 38.1 Å². The van der Waals surface area contributed by atoms with Gasteiger partial charge in [-0.15, -0.1) is 0 Å². The molecule has 0 atom stereocenters. The van der Waals surface area contributed by atoms with Crippen molar-refractivity contribution < 1.29 is 14.3 Å². The molecule has 2 aromatic rings. The van der Waals surface area contributed by atoms with Crippen LogP contribution in [0.3, 0.4) is 0 Å². The van der Waals surface area contributed by atoms with Crippen molar-refractivity contribution in [2.75, 3.05) is 19.0 Å². The summed E-state index contributed by atoms with van der Waals surface area (Å²) >= 11 is 0. The third-order valence-corrected chi connectivity index (χ3v) is 4.32. The van der Waals surface area contributed by atoms with Crippen LogP contribution in [0, 0.1) is 6.92 Å². The molecule has 5 heteroatoms. The van der Waals surface area contributed by atoms with E-state index in [1.165, 1.54) is 6.92 Å². The van der Waals surface area contributed by atoms with E-state index in [4.69, 9.17) is 4.74 Å². The van der Waals surface area contributed by atoms with E-state index in [0.717, 1.165) is 22.4 Å². The van der Waals surface area contributed by atoms with Crippen molar-refractivity contribution in [3.63, 3.8) is 0 Å². The number of amides is 2. The van der Waals surface area contributed by atoms with Crippen molar-refractivity contribution in [1.29, 1.82) is 0 Å². The summed E-state index contributed by atoms with van der Waals surface area (Å²) < 4.78 is 5.77. The van der Waals surface area contributed by atoms with E-state index < -0.39 is 0 Å². The average Bonchev–Trinajstić information content (AvgIpc) is 2.60. The minimum Gasteiger partial charge on any atom is -0.483 e. The fraction of sp³-hybridized carbons (Fsp3) is 0.364. The number of nitrogens with zero attached hydrogens (tertiary/aromatic N) is 1. The summed E-state index contributed by atoms with van der Waals surface area (Å²) in [5.41, 5.74) is 3.82. The molecule has 2 rings (SSSR count). The van der Waals surface area contributed by atoms with E-state index in [2.05, 4.69) is 19.2 Å². The number of hydrogen-bond donors (Lipinski definition) is 1. The second-order valence-electron chi connectivity index (χ2n) is 7.11. The molecule has 0 bridgehead atoms. The molecule has 0 fully saturated rings. The van der Waals surface area contributed by atoms with Crippen LogP contribution >= 0.6 is 0 Å². The van der Waals surface area contributed by atoms with Crippen LogP contribution in [0.2, 0.25) is 0 Å². The molecule has 0 aliphatic rings. The summed E-state index contributed by atoms with van der Waals surface area (Å²) in [7, 11) is 1.75. The lowest BCUT2D eigenvalue weighted by molar-refractivity contribution is -0.128. The van der Waals surface area contributed by atoms with Crippen LogP contribution in [-0.4, -0.2) is 30.4 Å². The Balaban J connectivity index is 1.99. The van der Waals surface area contributed by atoms with Crippen molar-refractivity contribution in [1.82, 2.24) is 4.90 Å². The maximum atomic E-state index is 12.3. The van der Waals surface area contributed by atoms with Gasteiger partial charge < -0.3 is 15.0 Å². The van der Waals surface area contributed by atoms with Crippen molar-refractivity contribution >= 4 is 17.5 Å². The molecular weight excluding hydrogens is 340 g/mol. The molecule has 27 heavy (non-hydrogen) atoms. The molecule has 0 radical (unpaired) electrons. The van der Waals surface area contributed by atoms with Crippen LogP contribution in [0.25, 0.3) is 0 Å². The van der Waals surface area contributed by atoms with Crippen LogP contribution in [0.15, 0.2) is 42.5 Å². The van der Waals surface area contributed by atoms with Gasteiger partial charge in [-0.3, -0.25) is 9.59 Å². The normalized spacial score (nSPS) is 10.6. The molecule has 144 valence electrons. The van der Waals surface area contributed by atoms with Gasteiger partial charge in [0.05, 0.1) is 0 Å². The second kappa shape index (κ2) is 9.21. The molecule has 0 aromatic heterocycles. The zero-order valence-electron chi connectivity index (χ0n) is 16.7. The Morgan fingerprint density at radius 1 is 1.15 bits per heavy atom. The Morgan fingerprint density at radius 2 is 1.89 bits per heavy atom. The number of ether oxygens (including phenoxy) is 1. The van der Waals surface area contributed by atoms with Gasteiger partial charge >= 0.3 is 0 Å². The number of carbonyl (C=O) groups is 2. The Bertz CT molecular complexity index is 815. The minimum atomic E-state index is -0.219. The van der Waals surface area contributed by atoms with Gasteiger partial charge in [-0.25, -0.2) is 0 Å². The summed E-state index contributed by atoms with van der Waals surface area (Å²) in [5.74, 6) is 0.843. The predicted molar refractivity (Wildman–Crippen MR) is 108 cm³/mol. The molecule has 0 aliphatic carbocycles. The molecule has 1 N–H and O–H groups in total. The van der Waals surface area contributed by atoms with E-state index >= 15 is 0 Å². The van der Waals surface area contributed by atoms with Gasteiger partial charge in [0.25, 0.3) is 5.91 Å². The summed E-state index contributed by atoms with van der Waals surface area (Å²) in [5, 5.41) is 2.85. The van der Waals surface area contributed by atoms with Gasteiger partial charge in [-0.05, 0) is 47.7 Å². The van der Waals surface area contributed by atoms with Crippen LogP contribution in [-0.2, 0) is 16.1 Å². The fourth-order valence-corrected chi connectivity index (χ4v) is 2.72. The van der Waals surface area contributed by atoms with E-state index in [1.807, 2.05) is 49.4 Å². The summed E-state index contributed by atoms with van der Waals surface area (Å²) in [6.07, 6.45) is 0. The lowest BCUT2D eigenvalue weighted by atomic mass is 10.0. The molecule has 0 unspecified atom stereocenters. The van der Waals surface area contributed by atoms with Gasteiger partial charge in [-0.2, -0.15) is 0 Å². The summed E-state index contributed by atoms with van der Waals surface area (Å²) in [6, 6.07) is 13.5. The average molecular weight is 368 g/mol. The number of benzene rings is 2. The Hall–Kier alpha value is -2.82. The second-order valence-corrected chi connectivity index (χ2v) is 7.11. The zero-order valence-corrected chi connectivity index (χ0v) is 16.7. The topological polar surface area (TPSA) is 58.6 Å². The quantitative estimate of drug-likeness (QED) is 0.800. The number of anilines is 1. The van der Waals surface area contributed by atoms with E-state index in [0.29, 0.717) is 18.2 Å². The molecule has 0 saturated carbocycles. The predicted octanol–water partition coefficient (Wildman–Crippen LogP) is 4.11. The Kier molecular flexibility index (Phi) is 6.99. The number of nitrogens with one attached hydrogen (secondary N) is 1. The Morgan fingerprint density at radius 3 is 2.56 bits per heavy atom. The maximum absolute atomic E-state index is 12.3. The highest BCUT2D eigenvalue weighted by molar-refractivity contribution is 5.92. The maximum Gasteiger partial charge on any atom is 0.262 e. The van der Waals surface area contributed by atoms with Gasteiger partial charge in [0.2, 0.25) is 5.91 Å². The van der Waals surface area contributed by atoms with Crippen LogP contribution in [0.5, 0.6) is 5.75 Å². The highest BCUT2D eigenvalue weighted by Gasteiger charge is 2.11. The lowest BCUT2D eigenvalue weighted by Crippen LogP contribution is -2.23. The number of carbonyl (C=O) groups excluding carboxylic acids is 2. The lowest BCUT2D eigenvalue weighted by Gasteiger charge is -2.16. The van der Waals surface area contributed by atoms with Gasteiger partial charge in [0, 0.05) is 26.2 Å². The number of rotatable bonds is 7. The highest BCUT2D eigenvalue weighted by Crippen LogP contribution is 2.27. The summed E-state index contributed by atoms with van der Waals surface area (Å²) in [4.78, 5) is 25.3. The smallest absolute Gasteiger partial charge is 0.262 e. The molecule has 0 saturated heterocycles. The molecule has 0 spiro atoms. The van der Waals surface area contributed by atoms with Crippen molar-refractivity contribution in [2.24, 2.45) is 0 Å². The first-order valence-electron chi connectivity index (χ1n) is 9.10. The highest BCUT2D eigenvalue weighted by atomic mass is 16.5. The van der Waals surface area contributed by atoms with E-state index in [1.54, 1.807) is 11.9 Å². The third-order valence-electron chi connectivity index (χ3n) is 4.32. The standard InChI is InChI=1S/C22H28N2O3/c1-15(2)20-10-9-16(3)11-21(20)27-14-22(26)23-19-8-6-7-18(12-19)13-24(5)17(4)25/h6-12,15H,13-14H2,1-5H3,(H,23,26). The number of hydrogen-bond acceptors (Lipinski definition) is 3. The molecular formula is C22H28N2O3. The molecule has 2 aromatic carbocycles. The first-order valence-corrected chi connectivity index (χ1v) is 9.10. The molecule has 0 aliphatic heterocycles. The van der Waals surface area contributed by atoms with Crippen LogP contribution in [0.4, 0.5) is 5.69 Å². The minimum absolute atomic E-state index is 0.00282. The van der Waals surface area contributed by atoms with Gasteiger partial charge in [0.15, 0.2) is 6.61 Å². The van der Waals surface area contributed by atoms with E-state index in [9.17, 15) is 9.59 Å².